The molecular weight excluding hydrogens is 434 g/mol. The minimum atomic E-state index is -0.159. The Balaban J connectivity index is 1.68. The van der Waals surface area contributed by atoms with Gasteiger partial charge in [0.25, 0.3) is 0 Å². The van der Waals surface area contributed by atoms with Crippen LogP contribution in [0.2, 0.25) is 0 Å². The molecule has 0 atom stereocenters. The summed E-state index contributed by atoms with van der Waals surface area (Å²) in [5.41, 5.74) is 6.99. The van der Waals surface area contributed by atoms with Crippen LogP contribution in [-0.4, -0.2) is 17.8 Å². The predicted molar refractivity (Wildman–Crippen MR) is 144 cm³/mol. The van der Waals surface area contributed by atoms with E-state index >= 15 is 0 Å². The van der Waals surface area contributed by atoms with Crippen LogP contribution >= 0.6 is 0 Å². The fourth-order valence-corrected chi connectivity index (χ4v) is 5.47. The van der Waals surface area contributed by atoms with E-state index in [1.165, 1.54) is 11.0 Å². The van der Waals surface area contributed by atoms with Crippen molar-refractivity contribution >= 4 is 33.9 Å². The lowest BCUT2D eigenvalue weighted by molar-refractivity contribution is 0.371. The first-order valence-corrected chi connectivity index (χ1v) is 11.8. The maximum atomic E-state index is 10.6. The topological polar surface area (TPSA) is 50.7 Å². The molecule has 0 amide bonds. The highest BCUT2D eigenvalue weighted by atomic mass is 16.5. The molecule has 2 aliphatic rings. The van der Waals surface area contributed by atoms with Gasteiger partial charge in [-0.05, 0) is 67.0 Å². The van der Waals surface area contributed by atoms with E-state index in [4.69, 9.17) is 9.47 Å². The van der Waals surface area contributed by atoms with Gasteiger partial charge in [-0.3, -0.25) is 0 Å². The molecule has 0 unspecified atom stereocenters. The first-order chi connectivity index (χ1) is 16.9. The zero-order chi connectivity index (χ0) is 24.3. The average molecular weight is 462 g/mol. The van der Waals surface area contributed by atoms with Crippen LogP contribution in [0.1, 0.15) is 37.5 Å². The lowest BCUT2D eigenvalue weighted by Crippen LogP contribution is -2.32. The fourth-order valence-electron chi connectivity index (χ4n) is 5.47. The van der Waals surface area contributed by atoms with E-state index in [2.05, 4.69) is 92.8 Å². The zero-order valence-electron chi connectivity index (χ0n) is 20.3. The standard InChI is InChI=1S/C31H27NO3/c1-18-17-31(2,3)32-23-13-12-22-28(27(18)23)26(35-25-15-14-24(33)30(34-4)29(22)25)16-20-10-7-9-19-8-5-6-11-21(19)20/h5-17,32-33H,1-4H3. The van der Waals surface area contributed by atoms with Crippen molar-refractivity contribution in [1.29, 1.82) is 0 Å². The average Bonchev–Trinajstić information content (AvgIpc) is 2.83. The number of hydrogen-bond donors (Lipinski definition) is 2. The Morgan fingerprint density at radius 2 is 1.71 bits per heavy atom. The van der Waals surface area contributed by atoms with Gasteiger partial charge in [-0.15, -0.1) is 0 Å². The summed E-state index contributed by atoms with van der Waals surface area (Å²) in [4.78, 5) is 0. The summed E-state index contributed by atoms with van der Waals surface area (Å²) in [5.74, 6) is 1.93. The molecule has 0 fully saturated rings. The second-order valence-corrected chi connectivity index (χ2v) is 9.75. The summed E-state index contributed by atoms with van der Waals surface area (Å²) < 4.78 is 12.2. The quantitative estimate of drug-likeness (QED) is 0.321. The smallest absolute Gasteiger partial charge is 0.172 e. The van der Waals surface area contributed by atoms with E-state index in [9.17, 15) is 5.11 Å². The fraction of sp³-hybridized carbons (Fsp3) is 0.161. The summed E-state index contributed by atoms with van der Waals surface area (Å²) in [6, 6.07) is 22.3. The number of phenols is 1. The Bertz CT molecular complexity index is 1570. The number of nitrogens with one attached hydrogen (secondary N) is 1. The van der Waals surface area contributed by atoms with Crippen molar-refractivity contribution < 1.29 is 14.6 Å². The first kappa shape index (κ1) is 21.4. The van der Waals surface area contributed by atoms with E-state index in [1.807, 2.05) is 0 Å². The molecule has 4 nitrogen and oxygen atoms in total. The second kappa shape index (κ2) is 7.67. The van der Waals surface area contributed by atoms with Crippen molar-refractivity contribution in [3.8, 4) is 28.4 Å². The number of ether oxygens (including phenoxy) is 2. The Kier molecular flexibility index (Phi) is 4.68. The first-order valence-electron chi connectivity index (χ1n) is 11.8. The third-order valence-corrected chi connectivity index (χ3v) is 6.78. The van der Waals surface area contributed by atoms with Crippen molar-refractivity contribution in [1.82, 2.24) is 0 Å². The normalized spacial score (nSPS) is 16.5. The van der Waals surface area contributed by atoms with Crippen LogP contribution in [-0.2, 0) is 0 Å². The van der Waals surface area contributed by atoms with Crippen molar-refractivity contribution in [3.63, 3.8) is 0 Å². The molecule has 0 aromatic heterocycles. The molecule has 4 aromatic carbocycles. The van der Waals surface area contributed by atoms with E-state index < -0.39 is 0 Å². The van der Waals surface area contributed by atoms with Gasteiger partial charge in [0.15, 0.2) is 11.5 Å². The highest BCUT2D eigenvalue weighted by Crippen LogP contribution is 2.54. The molecule has 0 radical (unpaired) electrons. The molecule has 6 rings (SSSR count). The Labute approximate surface area is 205 Å². The molecule has 4 aromatic rings. The molecule has 2 aliphatic heterocycles. The largest absolute Gasteiger partial charge is 0.504 e. The lowest BCUT2D eigenvalue weighted by Gasteiger charge is -2.35. The molecule has 0 bridgehead atoms. The predicted octanol–water partition coefficient (Wildman–Crippen LogP) is 7.72. The van der Waals surface area contributed by atoms with E-state index in [1.54, 1.807) is 19.2 Å². The summed E-state index contributed by atoms with van der Waals surface area (Å²) >= 11 is 0. The summed E-state index contributed by atoms with van der Waals surface area (Å²) in [7, 11) is 1.57. The third kappa shape index (κ3) is 3.36. The zero-order valence-corrected chi connectivity index (χ0v) is 20.3. The van der Waals surface area contributed by atoms with Crippen molar-refractivity contribution in [2.24, 2.45) is 0 Å². The number of allylic oxidation sites excluding steroid dienone is 1. The minimum absolute atomic E-state index is 0.0894. The highest BCUT2D eigenvalue weighted by Gasteiger charge is 2.33. The lowest BCUT2D eigenvalue weighted by atomic mass is 9.82. The van der Waals surface area contributed by atoms with E-state index in [0.29, 0.717) is 11.5 Å². The Morgan fingerprint density at radius 3 is 2.54 bits per heavy atom. The molecule has 35 heavy (non-hydrogen) atoms. The van der Waals surface area contributed by atoms with Gasteiger partial charge in [0.05, 0.1) is 18.2 Å². The number of benzene rings is 4. The van der Waals surface area contributed by atoms with Crippen LogP contribution in [0.15, 0.2) is 72.8 Å². The Hall–Kier alpha value is -4.18. The Morgan fingerprint density at radius 1 is 0.914 bits per heavy atom. The van der Waals surface area contributed by atoms with Crippen LogP contribution in [0.5, 0.6) is 17.2 Å². The van der Waals surface area contributed by atoms with Gasteiger partial charge < -0.3 is 19.9 Å². The van der Waals surface area contributed by atoms with Crippen LogP contribution in [0, 0.1) is 0 Å². The number of phenolic OH excluding ortho intramolecular Hbond substituents is 1. The molecule has 174 valence electrons. The van der Waals surface area contributed by atoms with Crippen LogP contribution in [0.4, 0.5) is 5.69 Å². The summed E-state index contributed by atoms with van der Waals surface area (Å²) in [6.07, 6.45) is 4.37. The van der Waals surface area contributed by atoms with Gasteiger partial charge >= 0.3 is 0 Å². The van der Waals surface area contributed by atoms with Gasteiger partial charge in [0.2, 0.25) is 0 Å². The second-order valence-electron chi connectivity index (χ2n) is 9.75. The van der Waals surface area contributed by atoms with Crippen molar-refractivity contribution in [2.45, 2.75) is 26.3 Å². The number of rotatable bonds is 2. The van der Waals surface area contributed by atoms with Gasteiger partial charge in [0.1, 0.15) is 11.5 Å². The van der Waals surface area contributed by atoms with Crippen molar-refractivity contribution in [3.05, 3.63) is 89.5 Å². The summed E-state index contributed by atoms with van der Waals surface area (Å²) in [6.45, 7) is 6.48. The minimum Gasteiger partial charge on any atom is -0.504 e. The SMILES string of the molecule is COc1c(O)ccc2c1-c1ccc3c(c1C(=Cc1cccc4ccccc14)O2)C(C)=CC(C)(C)N3. The number of aromatic hydroxyl groups is 1. The van der Waals surface area contributed by atoms with Crippen LogP contribution < -0.4 is 14.8 Å². The molecule has 0 saturated carbocycles. The molecule has 2 N–H and O–H groups in total. The number of hydrogen-bond acceptors (Lipinski definition) is 4. The third-order valence-electron chi connectivity index (χ3n) is 6.78. The maximum absolute atomic E-state index is 10.6. The molecule has 0 aliphatic carbocycles. The summed E-state index contributed by atoms with van der Waals surface area (Å²) in [5, 5.41) is 16.6. The van der Waals surface area contributed by atoms with Gasteiger partial charge in [-0.25, -0.2) is 0 Å². The molecule has 0 spiro atoms. The molecule has 4 heteroatoms. The highest BCUT2D eigenvalue weighted by molar-refractivity contribution is 6.04. The molecular formula is C31H27NO3. The van der Waals surface area contributed by atoms with Gasteiger partial charge in [0, 0.05) is 22.4 Å². The van der Waals surface area contributed by atoms with Gasteiger partial charge in [-0.2, -0.15) is 0 Å². The van der Waals surface area contributed by atoms with Crippen LogP contribution in [0.25, 0.3) is 39.3 Å². The number of methoxy groups -OCH3 is 1. The monoisotopic (exact) mass is 461 g/mol. The van der Waals surface area contributed by atoms with E-state index in [0.717, 1.165) is 44.7 Å². The molecule has 2 heterocycles. The van der Waals surface area contributed by atoms with Crippen molar-refractivity contribution in [2.75, 3.05) is 12.4 Å². The van der Waals surface area contributed by atoms with E-state index in [-0.39, 0.29) is 11.3 Å². The molecule has 0 saturated heterocycles. The number of anilines is 1. The van der Waals surface area contributed by atoms with Gasteiger partial charge in [-0.1, -0.05) is 54.6 Å². The maximum Gasteiger partial charge on any atom is 0.172 e. The van der Waals surface area contributed by atoms with Crippen LogP contribution in [0.3, 0.4) is 0 Å². The number of fused-ring (bicyclic) bond motifs is 6.